The van der Waals surface area contributed by atoms with Crippen LogP contribution in [0.4, 0.5) is 13.6 Å². The zero-order chi connectivity index (χ0) is 23.3. The minimum absolute atomic E-state index is 0.0653. The molecule has 0 fully saturated rings. The molecule has 2 N–H and O–H groups in total. The van der Waals surface area contributed by atoms with Crippen molar-refractivity contribution < 1.29 is 23.1 Å². The minimum Gasteiger partial charge on any atom is -0.444 e. The first-order valence-electron chi connectivity index (χ1n) is 9.99. The molecule has 3 rings (SSSR count). The summed E-state index contributed by atoms with van der Waals surface area (Å²) in [7, 11) is 0. The number of carbonyl (C=O) groups is 2. The molecule has 0 saturated heterocycles. The zero-order valence-electron chi connectivity index (χ0n) is 18.0. The van der Waals surface area contributed by atoms with Gasteiger partial charge in [0.2, 0.25) is 0 Å². The molecule has 0 saturated carbocycles. The third kappa shape index (κ3) is 6.13. The Bertz CT molecular complexity index is 1120. The highest BCUT2D eigenvalue weighted by molar-refractivity contribution is 7.12. The van der Waals surface area contributed by atoms with E-state index in [4.69, 9.17) is 4.74 Å². The highest BCUT2D eigenvalue weighted by atomic mass is 32.1. The van der Waals surface area contributed by atoms with Crippen molar-refractivity contribution in [2.75, 3.05) is 0 Å². The van der Waals surface area contributed by atoms with Gasteiger partial charge in [-0.25, -0.2) is 13.6 Å². The number of benzene rings is 2. The Kier molecular flexibility index (Phi) is 7.25. The van der Waals surface area contributed by atoms with Crippen LogP contribution in [0.25, 0.3) is 11.1 Å². The van der Waals surface area contributed by atoms with E-state index in [1.165, 1.54) is 17.4 Å². The highest BCUT2D eigenvalue weighted by Crippen LogP contribution is 2.31. The van der Waals surface area contributed by atoms with Crippen molar-refractivity contribution in [2.24, 2.45) is 0 Å². The van der Waals surface area contributed by atoms with Gasteiger partial charge in [0.15, 0.2) is 0 Å². The Labute approximate surface area is 189 Å². The van der Waals surface area contributed by atoms with Crippen molar-refractivity contribution in [3.63, 3.8) is 0 Å². The standard InChI is InChI=1S/C24H24F2N2O3S/c1-24(2,3)31-23(30)28-13-15-6-4-5-7-18(15)19-10-11-32-21(19)22(29)27-14-16-8-9-17(25)12-20(16)26/h4-12H,13-14H2,1-3H3,(H,27,29)(H,28,30). The van der Waals surface area contributed by atoms with Gasteiger partial charge in [-0.05, 0) is 49.4 Å². The lowest BCUT2D eigenvalue weighted by atomic mass is 10.00. The Morgan fingerprint density at radius 3 is 2.38 bits per heavy atom. The Balaban J connectivity index is 1.74. The third-order valence-electron chi connectivity index (χ3n) is 4.46. The molecule has 2 aromatic carbocycles. The summed E-state index contributed by atoms with van der Waals surface area (Å²) in [6, 6.07) is 12.5. The largest absolute Gasteiger partial charge is 0.444 e. The molecule has 1 heterocycles. The number of rotatable bonds is 6. The molecule has 0 aliphatic carbocycles. The van der Waals surface area contributed by atoms with E-state index in [0.717, 1.165) is 23.3 Å². The molecule has 3 aromatic rings. The monoisotopic (exact) mass is 458 g/mol. The van der Waals surface area contributed by atoms with Gasteiger partial charge in [-0.15, -0.1) is 11.3 Å². The molecule has 0 radical (unpaired) electrons. The number of hydrogen-bond acceptors (Lipinski definition) is 4. The molecule has 0 aliphatic rings. The van der Waals surface area contributed by atoms with Crippen LogP contribution in [-0.4, -0.2) is 17.6 Å². The lowest BCUT2D eigenvalue weighted by Crippen LogP contribution is -2.32. The van der Waals surface area contributed by atoms with Crippen molar-refractivity contribution >= 4 is 23.3 Å². The number of halogens is 2. The number of alkyl carbamates (subject to hydrolysis) is 1. The van der Waals surface area contributed by atoms with Gasteiger partial charge in [0, 0.05) is 30.3 Å². The van der Waals surface area contributed by atoms with Gasteiger partial charge in [0.05, 0.1) is 4.88 Å². The molecular formula is C24H24F2N2O3S. The topological polar surface area (TPSA) is 67.4 Å². The van der Waals surface area contributed by atoms with Crippen molar-refractivity contribution in [3.05, 3.63) is 81.5 Å². The predicted octanol–water partition coefficient (Wildman–Crippen LogP) is 5.65. The fourth-order valence-corrected chi connectivity index (χ4v) is 3.86. The third-order valence-corrected chi connectivity index (χ3v) is 5.37. The van der Waals surface area contributed by atoms with E-state index in [9.17, 15) is 18.4 Å². The number of amides is 2. The first-order chi connectivity index (χ1) is 15.1. The van der Waals surface area contributed by atoms with Crippen molar-refractivity contribution in [1.82, 2.24) is 10.6 Å². The average molecular weight is 459 g/mol. The van der Waals surface area contributed by atoms with Gasteiger partial charge in [-0.2, -0.15) is 0 Å². The maximum absolute atomic E-state index is 13.9. The smallest absolute Gasteiger partial charge is 0.407 e. The summed E-state index contributed by atoms with van der Waals surface area (Å²) in [5.41, 5.74) is 1.90. The van der Waals surface area contributed by atoms with E-state index >= 15 is 0 Å². The van der Waals surface area contributed by atoms with E-state index in [0.29, 0.717) is 10.4 Å². The van der Waals surface area contributed by atoms with Crippen LogP contribution in [0.2, 0.25) is 0 Å². The Morgan fingerprint density at radius 1 is 0.938 bits per heavy atom. The number of nitrogens with one attached hydrogen (secondary N) is 2. The fourth-order valence-electron chi connectivity index (χ4n) is 3.04. The molecule has 2 amide bonds. The van der Waals surface area contributed by atoms with Crippen molar-refractivity contribution in [3.8, 4) is 11.1 Å². The van der Waals surface area contributed by atoms with Crippen LogP contribution in [0.1, 0.15) is 41.6 Å². The van der Waals surface area contributed by atoms with Crippen LogP contribution < -0.4 is 10.6 Å². The lowest BCUT2D eigenvalue weighted by molar-refractivity contribution is 0.0523. The maximum Gasteiger partial charge on any atom is 0.407 e. The summed E-state index contributed by atoms with van der Waals surface area (Å²) in [5, 5.41) is 7.21. The van der Waals surface area contributed by atoms with Crippen LogP contribution in [0.15, 0.2) is 53.9 Å². The molecular weight excluding hydrogens is 434 g/mol. The molecule has 0 spiro atoms. The number of hydrogen-bond donors (Lipinski definition) is 2. The zero-order valence-corrected chi connectivity index (χ0v) is 18.8. The average Bonchev–Trinajstić information content (AvgIpc) is 3.20. The van der Waals surface area contributed by atoms with Crippen LogP contribution in [0, 0.1) is 11.6 Å². The molecule has 0 aliphatic heterocycles. The van der Waals surface area contributed by atoms with Gasteiger partial charge in [-0.1, -0.05) is 30.3 Å². The fraction of sp³-hybridized carbons (Fsp3) is 0.250. The molecule has 8 heteroatoms. The van der Waals surface area contributed by atoms with Gasteiger partial charge < -0.3 is 15.4 Å². The molecule has 32 heavy (non-hydrogen) atoms. The number of ether oxygens (including phenoxy) is 1. The normalized spacial score (nSPS) is 11.2. The Hall–Kier alpha value is -3.26. The van der Waals surface area contributed by atoms with Crippen LogP contribution >= 0.6 is 11.3 Å². The SMILES string of the molecule is CC(C)(C)OC(=O)NCc1ccccc1-c1ccsc1C(=O)NCc1ccc(F)cc1F. The summed E-state index contributed by atoms with van der Waals surface area (Å²) < 4.78 is 32.2. The second-order valence-electron chi connectivity index (χ2n) is 8.09. The van der Waals surface area contributed by atoms with E-state index in [2.05, 4.69) is 10.6 Å². The lowest BCUT2D eigenvalue weighted by Gasteiger charge is -2.20. The molecule has 5 nitrogen and oxygen atoms in total. The summed E-state index contributed by atoms with van der Waals surface area (Å²) in [4.78, 5) is 25.3. The van der Waals surface area contributed by atoms with E-state index < -0.39 is 23.3 Å². The van der Waals surface area contributed by atoms with E-state index in [1.807, 2.05) is 30.3 Å². The molecule has 0 unspecified atom stereocenters. The van der Waals surface area contributed by atoms with Crippen LogP contribution in [0.5, 0.6) is 0 Å². The summed E-state index contributed by atoms with van der Waals surface area (Å²) >= 11 is 1.26. The van der Waals surface area contributed by atoms with Crippen LogP contribution in [0.3, 0.4) is 0 Å². The second-order valence-corrected chi connectivity index (χ2v) is 9.01. The summed E-state index contributed by atoms with van der Waals surface area (Å²) in [5.74, 6) is -1.75. The first-order valence-corrected chi connectivity index (χ1v) is 10.9. The predicted molar refractivity (Wildman–Crippen MR) is 120 cm³/mol. The summed E-state index contributed by atoms with van der Waals surface area (Å²) in [6.07, 6.45) is -0.531. The van der Waals surface area contributed by atoms with E-state index in [-0.39, 0.29) is 24.6 Å². The van der Waals surface area contributed by atoms with Gasteiger partial charge in [0.25, 0.3) is 5.91 Å². The Morgan fingerprint density at radius 2 is 1.66 bits per heavy atom. The van der Waals surface area contributed by atoms with Crippen LogP contribution in [-0.2, 0) is 17.8 Å². The van der Waals surface area contributed by atoms with Crippen molar-refractivity contribution in [1.29, 1.82) is 0 Å². The quantitative estimate of drug-likeness (QED) is 0.502. The summed E-state index contributed by atoms with van der Waals surface area (Å²) in [6.45, 7) is 5.52. The second kappa shape index (κ2) is 9.91. The molecule has 1 aromatic heterocycles. The van der Waals surface area contributed by atoms with E-state index in [1.54, 1.807) is 26.2 Å². The van der Waals surface area contributed by atoms with Gasteiger partial charge in [-0.3, -0.25) is 4.79 Å². The van der Waals surface area contributed by atoms with Gasteiger partial charge in [0.1, 0.15) is 17.2 Å². The minimum atomic E-state index is -0.713. The number of thiophene rings is 1. The maximum atomic E-state index is 13.9. The van der Waals surface area contributed by atoms with Crippen molar-refractivity contribution in [2.45, 2.75) is 39.5 Å². The van der Waals surface area contributed by atoms with Gasteiger partial charge >= 0.3 is 6.09 Å². The number of carbonyl (C=O) groups excluding carboxylic acids is 2. The molecule has 168 valence electrons. The first kappa shape index (κ1) is 23.4. The molecule has 0 atom stereocenters. The highest BCUT2D eigenvalue weighted by Gasteiger charge is 2.19. The molecule has 0 bridgehead atoms.